The van der Waals surface area contributed by atoms with Gasteiger partial charge in [0.2, 0.25) is 5.78 Å². The smallest absolute Gasteiger partial charge is 0.339 e. The van der Waals surface area contributed by atoms with Crippen molar-refractivity contribution in [3.63, 3.8) is 0 Å². The number of carbonyl (C=O) groups is 2. The molecule has 4 rings (SSSR count). The quantitative estimate of drug-likeness (QED) is 0.371. The lowest BCUT2D eigenvalue weighted by molar-refractivity contribution is 0.0243. The van der Waals surface area contributed by atoms with Gasteiger partial charge < -0.3 is 4.74 Å². The number of ether oxygens (including phenoxy) is 1. The molecule has 0 aliphatic rings. The number of hydrogen-bond acceptors (Lipinski definition) is 6. The van der Waals surface area contributed by atoms with Crippen LogP contribution in [0.25, 0.3) is 11.0 Å². The van der Waals surface area contributed by atoms with Gasteiger partial charge in [0.05, 0.1) is 23.2 Å². The van der Waals surface area contributed by atoms with Crippen LogP contribution in [0.3, 0.4) is 0 Å². The van der Waals surface area contributed by atoms with Crippen molar-refractivity contribution in [3.8, 4) is 0 Å². The number of nitrogens with zero attached hydrogens (tertiary/aromatic N) is 4. The second-order valence-electron chi connectivity index (χ2n) is 6.23. The lowest BCUT2D eigenvalue weighted by Gasteiger charge is -2.17. The van der Waals surface area contributed by atoms with Gasteiger partial charge in [-0.1, -0.05) is 29.5 Å². The predicted octanol–water partition coefficient (Wildman–Crippen LogP) is 3.07. The van der Waals surface area contributed by atoms with Gasteiger partial charge in [0.15, 0.2) is 6.10 Å². The second kappa shape index (κ2) is 7.97. The molecule has 0 N–H and O–H groups in total. The van der Waals surface area contributed by atoms with Gasteiger partial charge in [0.1, 0.15) is 11.3 Å². The molecule has 8 heteroatoms. The van der Waals surface area contributed by atoms with E-state index in [4.69, 9.17) is 4.74 Å². The molecular formula is C21H15FN4O3. The van der Waals surface area contributed by atoms with Crippen LogP contribution >= 0.6 is 0 Å². The number of pyridine rings is 1. The molecule has 4 aromatic rings. The summed E-state index contributed by atoms with van der Waals surface area (Å²) in [7, 11) is 0. The van der Waals surface area contributed by atoms with Gasteiger partial charge in [-0.15, -0.1) is 5.10 Å². The molecule has 0 spiro atoms. The molecule has 0 radical (unpaired) electrons. The van der Waals surface area contributed by atoms with E-state index >= 15 is 0 Å². The Morgan fingerprint density at radius 1 is 1.00 bits per heavy atom. The van der Waals surface area contributed by atoms with Gasteiger partial charge >= 0.3 is 5.97 Å². The molecule has 0 aliphatic carbocycles. The third kappa shape index (κ3) is 3.86. The van der Waals surface area contributed by atoms with Crippen molar-refractivity contribution in [2.45, 2.75) is 12.6 Å². The number of para-hydroxylation sites is 1. The summed E-state index contributed by atoms with van der Waals surface area (Å²) in [4.78, 5) is 29.4. The number of esters is 1. The predicted molar refractivity (Wildman–Crippen MR) is 102 cm³/mol. The highest BCUT2D eigenvalue weighted by molar-refractivity contribution is 6.01. The fraction of sp³-hybridized carbons (Fsp3) is 0.0952. The van der Waals surface area contributed by atoms with Crippen LogP contribution in [0.15, 0.2) is 73.1 Å². The van der Waals surface area contributed by atoms with Crippen LogP contribution in [0.1, 0.15) is 20.7 Å². The van der Waals surface area contributed by atoms with Crippen molar-refractivity contribution in [2.24, 2.45) is 0 Å². The zero-order valence-corrected chi connectivity index (χ0v) is 15.1. The number of aromatic nitrogens is 4. The molecule has 7 nitrogen and oxygen atoms in total. The van der Waals surface area contributed by atoms with E-state index in [-0.39, 0.29) is 17.7 Å². The van der Waals surface area contributed by atoms with E-state index in [9.17, 15) is 14.0 Å². The fourth-order valence-electron chi connectivity index (χ4n) is 2.90. The first-order valence-electron chi connectivity index (χ1n) is 8.81. The van der Waals surface area contributed by atoms with Crippen molar-refractivity contribution < 1.29 is 18.7 Å². The van der Waals surface area contributed by atoms with E-state index < -0.39 is 23.7 Å². The number of ketones is 1. The number of benzene rings is 2. The Bertz CT molecular complexity index is 1180. The van der Waals surface area contributed by atoms with Crippen molar-refractivity contribution >= 4 is 22.8 Å². The Morgan fingerprint density at radius 3 is 2.52 bits per heavy atom. The van der Waals surface area contributed by atoms with Crippen LogP contribution in [0.5, 0.6) is 0 Å². The van der Waals surface area contributed by atoms with E-state index in [1.807, 2.05) is 6.07 Å². The molecule has 144 valence electrons. The number of rotatable bonds is 6. The summed E-state index contributed by atoms with van der Waals surface area (Å²) in [6.45, 7) is -0.107. The Balaban J connectivity index is 1.67. The molecule has 2 heterocycles. The molecule has 0 amide bonds. The normalized spacial score (nSPS) is 11.9. The minimum atomic E-state index is -1.29. The molecule has 1 atom stereocenters. The van der Waals surface area contributed by atoms with Crippen LogP contribution in [-0.2, 0) is 11.3 Å². The lowest BCUT2D eigenvalue weighted by Crippen LogP contribution is -2.33. The number of Topliss-reactive ketones (excluding diaryl/α,β-unsaturated/α-hetero) is 1. The monoisotopic (exact) mass is 390 g/mol. The maximum Gasteiger partial charge on any atom is 0.339 e. The maximum absolute atomic E-state index is 14.2. The molecule has 0 aliphatic heterocycles. The summed E-state index contributed by atoms with van der Waals surface area (Å²) in [6, 6.07) is 15.7. The van der Waals surface area contributed by atoms with Crippen molar-refractivity contribution in [2.75, 3.05) is 0 Å². The van der Waals surface area contributed by atoms with Gasteiger partial charge in [-0.3, -0.25) is 9.78 Å². The Labute approximate surface area is 164 Å². The average molecular weight is 390 g/mol. The van der Waals surface area contributed by atoms with Crippen molar-refractivity contribution in [3.05, 3.63) is 90.0 Å². The Morgan fingerprint density at radius 2 is 1.72 bits per heavy atom. The van der Waals surface area contributed by atoms with E-state index in [0.717, 1.165) is 0 Å². The highest BCUT2D eigenvalue weighted by Crippen LogP contribution is 2.17. The molecular weight excluding hydrogens is 375 g/mol. The first-order valence-corrected chi connectivity index (χ1v) is 8.81. The maximum atomic E-state index is 14.2. The highest BCUT2D eigenvalue weighted by atomic mass is 19.1. The zero-order valence-electron chi connectivity index (χ0n) is 15.1. The summed E-state index contributed by atoms with van der Waals surface area (Å²) in [5, 5.41) is 8.07. The topological polar surface area (TPSA) is 87.0 Å². The van der Waals surface area contributed by atoms with Gasteiger partial charge in [-0.25, -0.2) is 13.9 Å². The molecule has 2 aromatic heterocycles. The third-order valence-corrected chi connectivity index (χ3v) is 4.36. The van der Waals surface area contributed by atoms with Gasteiger partial charge in [0, 0.05) is 12.4 Å². The third-order valence-electron chi connectivity index (χ3n) is 4.36. The molecule has 0 fully saturated rings. The molecule has 0 saturated heterocycles. The number of carbonyl (C=O) groups excluding carboxylic acids is 2. The Kier molecular flexibility index (Phi) is 5.07. The summed E-state index contributed by atoms with van der Waals surface area (Å²) in [5.74, 6) is -2.07. The van der Waals surface area contributed by atoms with Gasteiger partial charge in [-0.05, 0) is 36.4 Å². The first-order chi connectivity index (χ1) is 14.1. The first kappa shape index (κ1) is 18.4. The molecule has 0 unspecified atom stereocenters. The summed E-state index contributed by atoms with van der Waals surface area (Å²) in [5.41, 5.74) is 1.36. The van der Waals surface area contributed by atoms with Crippen LogP contribution in [0.2, 0.25) is 0 Å². The average Bonchev–Trinajstić information content (AvgIpc) is 3.16. The van der Waals surface area contributed by atoms with Crippen molar-refractivity contribution in [1.82, 2.24) is 20.0 Å². The molecule has 0 saturated carbocycles. The van der Waals surface area contributed by atoms with E-state index in [2.05, 4.69) is 15.3 Å². The molecule has 2 aromatic carbocycles. The van der Waals surface area contributed by atoms with E-state index in [0.29, 0.717) is 11.0 Å². The number of fused-ring (bicyclic) bond motifs is 1. The summed E-state index contributed by atoms with van der Waals surface area (Å²) in [6.07, 6.45) is 1.59. The minimum absolute atomic E-state index is 0.107. The second-order valence-corrected chi connectivity index (χ2v) is 6.23. The minimum Gasteiger partial charge on any atom is -0.448 e. The van der Waals surface area contributed by atoms with Crippen LogP contribution in [0, 0.1) is 5.82 Å². The van der Waals surface area contributed by atoms with E-state index in [1.165, 1.54) is 47.4 Å². The highest BCUT2D eigenvalue weighted by Gasteiger charge is 2.28. The molecule has 29 heavy (non-hydrogen) atoms. The fourth-order valence-corrected chi connectivity index (χ4v) is 2.90. The molecule has 0 bridgehead atoms. The summed E-state index contributed by atoms with van der Waals surface area (Å²) >= 11 is 0. The van der Waals surface area contributed by atoms with Crippen molar-refractivity contribution in [1.29, 1.82) is 0 Å². The lowest BCUT2D eigenvalue weighted by atomic mass is 10.1. The summed E-state index contributed by atoms with van der Waals surface area (Å²) < 4.78 is 21.1. The van der Waals surface area contributed by atoms with E-state index in [1.54, 1.807) is 24.3 Å². The van der Waals surface area contributed by atoms with Gasteiger partial charge in [0.25, 0.3) is 0 Å². The SMILES string of the molecule is O=C(O[C@H](Cn1nnc2ccccc21)C(=O)c1ccccc1F)c1ccncc1. The van der Waals surface area contributed by atoms with Crippen LogP contribution in [0.4, 0.5) is 4.39 Å². The zero-order chi connectivity index (χ0) is 20.2. The van der Waals surface area contributed by atoms with Crippen LogP contribution < -0.4 is 0 Å². The largest absolute Gasteiger partial charge is 0.448 e. The van der Waals surface area contributed by atoms with Crippen LogP contribution in [-0.4, -0.2) is 37.8 Å². The van der Waals surface area contributed by atoms with Gasteiger partial charge in [-0.2, -0.15) is 0 Å². The standard InChI is InChI=1S/C21H15FN4O3/c22-16-6-2-1-5-15(16)20(27)19(29-21(28)14-9-11-23-12-10-14)13-26-18-8-4-3-7-17(18)24-25-26/h1-12,19H,13H2/t19-/m1/s1. The number of hydrogen-bond donors (Lipinski definition) is 0. The number of halogens is 1. The Hall–Kier alpha value is -3.94.